The second-order valence-corrected chi connectivity index (χ2v) is 13.2. The van der Waals surface area contributed by atoms with Crippen LogP contribution in [0.15, 0.2) is 59.5 Å². The van der Waals surface area contributed by atoms with Gasteiger partial charge in [-0.1, -0.05) is 56.5 Å². The number of hydrogen-bond donors (Lipinski definition) is 2. The minimum Gasteiger partial charge on any atom is -0.449 e. The Morgan fingerprint density at radius 2 is 1.81 bits per heavy atom. The highest BCUT2D eigenvalue weighted by Gasteiger charge is 2.25. The number of carbonyl (C=O) groups excluding carboxylic acids is 2. The molecule has 4 aromatic rings. The molecule has 1 aromatic heterocycles. The van der Waals surface area contributed by atoms with Crippen LogP contribution in [0.5, 0.6) is 0 Å². The standard InChI is InChI=1S/C35H37ClFN5O5S/c1-5-8-10-31-28(33(21-38)42(40-31)32-20-26(39-22(4)43)14-15-29(32)36)18-25-13-12-24(19-30(25)37)27-17-23(9-6-2)11-16-34(27)48(45,46)41-35(44)47-7-3/h11-17,19-20H,5-10,18H2,1-4H3,(H,39,43)(H,41,44). The minimum atomic E-state index is -4.35. The first-order chi connectivity index (χ1) is 22.9. The van der Waals surface area contributed by atoms with Crippen LogP contribution in [0, 0.1) is 17.1 Å². The van der Waals surface area contributed by atoms with Crippen LogP contribution in [-0.2, 0) is 38.8 Å². The summed E-state index contributed by atoms with van der Waals surface area (Å²) in [6, 6.07) is 16.2. The van der Waals surface area contributed by atoms with Crippen molar-refractivity contribution in [3.8, 4) is 22.9 Å². The molecule has 4 rings (SSSR count). The molecular formula is C35H37ClFN5O5S. The van der Waals surface area contributed by atoms with Crippen LogP contribution in [-0.4, -0.2) is 36.8 Å². The molecule has 0 aliphatic carbocycles. The molecule has 3 aromatic carbocycles. The van der Waals surface area contributed by atoms with E-state index in [9.17, 15) is 23.3 Å². The van der Waals surface area contributed by atoms with Crippen molar-refractivity contribution < 1.29 is 27.1 Å². The number of rotatable bonds is 13. The first-order valence-corrected chi connectivity index (χ1v) is 17.5. The summed E-state index contributed by atoms with van der Waals surface area (Å²) < 4.78 is 50.5. The first kappa shape index (κ1) is 36.1. The highest BCUT2D eigenvalue weighted by atomic mass is 35.5. The van der Waals surface area contributed by atoms with Gasteiger partial charge in [0.25, 0.3) is 10.0 Å². The summed E-state index contributed by atoms with van der Waals surface area (Å²) in [5.41, 5.74) is 3.82. The molecule has 0 atom stereocenters. The van der Waals surface area contributed by atoms with Crippen LogP contribution in [0.25, 0.3) is 16.8 Å². The van der Waals surface area contributed by atoms with Gasteiger partial charge in [0.15, 0.2) is 0 Å². The third-order valence-corrected chi connectivity index (χ3v) is 9.22. The van der Waals surface area contributed by atoms with Crippen molar-refractivity contribution in [3.63, 3.8) is 0 Å². The van der Waals surface area contributed by atoms with E-state index in [2.05, 4.69) is 11.4 Å². The number of halogens is 2. The van der Waals surface area contributed by atoms with E-state index in [1.807, 2.05) is 18.6 Å². The van der Waals surface area contributed by atoms with Crippen molar-refractivity contribution in [1.29, 1.82) is 5.26 Å². The van der Waals surface area contributed by atoms with E-state index in [0.717, 1.165) is 24.8 Å². The second-order valence-electron chi connectivity index (χ2n) is 11.1. The fraction of sp³-hybridized carbons (Fsp3) is 0.314. The van der Waals surface area contributed by atoms with Crippen molar-refractivity contribution >= 4 is 39.3 Å². The van der Waals surface area contributed by atoms with Gasteiger partial charge in [0, 0.05) is 30.2 Å². The van der Waals surface area contributed by atoms with E-state index in [1.54, 1.807) is 49.4 Å². The van der Waals surface area contributed by atoms with E-state index in [4.69, 9.17) is 21.4 Å². The van der Waals surface area contributed by atoms with Gasteiger partial charge in [-0.25, -0.2) is 27.0 Å². The molecule has 1 heterocycles. The minimum absolute atomic E-state index is 0.0145. The number of hydrogen-bond acceptors (Lipinski definition) is 7. The van der Waals surface area contributed by atoms with Crippen LogP contribution in [0.3, 0.4) is 0 Å². The smallest absolute Gasteiger partial charge is 0.421 e. The Labute approximate surface area is 284 Å². The van der Waals surface area contributed by atoms with Crippen molar-refractivity contribution in [2.45, 2.75) is 71.1 Å². The maximum absolute atomic E-state index is 16.0. The molecule has 0 spiro atoms. The zero-order valence-corrected chi connectivity index (χ0v) is 28.8. The fourth-order valence-electron chi connectivity index (χ4n) is 5.33. The van der Waals surface area contributed by atoms with E-state index >= 15 is 4.39 Å². The lowest BCUT2D eigenvalue weighted by atomic mass is 9.96. The average molecular weight is 694 g/mol. The Morgan fingerprint density at radius 3 is 2.46 bits per heavy atom. The number of benzene rings is 3. The van der Waals surface area contributed by atoms with Gasteiger partial charge < -0.3 is 10.1 Å². The van der Waals surface area contributed by atoms with Crippen LogP contribution in [0.1, 0.15) is 75.0 Å². The monoisotopic (exact) mass is 693 g/mol. The molecule has 0 aliphatic rings. The predicted octanol–water partition coefficient (Wildman–Crippen LogP) is 7.48. The van der Waals surface area contributed by atoms with Crippen molar-refractivity contribution in [2.24, 2.45) is 0 Å². The zero-order valence-electron chi connectivity index (χ0n) is 27.2. The molecule has 2 amide bonds. The van der Waals surface area contributed by atoms with Crippen molar-refractivity contribution in [2.75, 3.05) is 11.9 Å². The quantitative estimate of drug-likeness (QED) is 0.148. The Morgan fingerprint density at radius 1 is 1.04 bits per heavy atom. The summed E-state index contributed by atoms with van der Waals surface area (Å²) in [4.78, 5) is 23.5. The summed E-state index contributed by atoms with van der Waals surface area (Å²) in [6.07, 6.45) is 2.57. The van der Waals surface area contributed by atoms with E-state index < -0.39 is 21.9 Å². The number of unbranched alkanes of at least 4 members (excludes halogenated alkanes) is 1. The molecule has 0 unspecified atom stereocenters. The molecule has 0 saturated carbocycles. The van der Waals surface area contributed by atoms with Gasteiger partial charge in [-0.15, -0.1) is 0 Å². The number of nitrogens with one attached hydrogen (secondary N) is 2. The molecule has 48 heavy (non-hydrogen) atoms. The molecule has 2 N–H and O–H groups in total. The predicted molar refractivity (Wildman–Crippen MR) is 182 cm³/mol. The molecule has 0 saturated heterocycles. The number of carbonyl (C=O) groups is 2. The number of aryl methyl sites for hydroxylation is 2. The molecule has 0 fully saturated rings. The summed E-state index contributed by atoms with van der Waals surface area (Å²) in [7, 11) is -4.35. The maximum Gasteiger partial charge on any atom is 0.421 e. The molecule has 0 bridgehead atoms. The second kappa shape index (κ2) is 15.9. The normalized spacial score (nSPS) is 11.2. The van der Waals surface area contributed by atoms with E-state index in [0.29, 0.717) is 46.1 Å². The molecule has 13 heteroatoms. The van der Waals surface area contributed by atoms with Gasteiger partial charge in [0.1, 0.15) is 17.6 Å². The lowest BCUT2D eigenvalue weighted by molar-refractivity contribution is -0.114. The Kier molecular flexibility index (Phi) is 12.0. The summed E-state index contributed by atoms with van der Waals surface area (Å²) >= 11 is 6.53. The fourth-order valence-corrected chi connectivity index (χ4v) is 6.63. The van der Waals surface area contributed by atoms with Crippen molar-refractivity contribution in [3.05, 3.63) is 93.5 Å². The van der Waals surface area contributed by atoms with Crippen LogP contribution < -0.4 is 10.0 Å². The number of nitriles is 1. The third kappa shape index (κ3) is 8.40. The highest BCUT2D eigenvalue weighted by Crippen LogP contribution is 2.33. The first-order valence-electron chi connectivity index (χ1n) is 15.6. The SMILES string of the molecule is CCCCc1nn(-c2cc(NC(C)=O)ccc2Cl)c(C#N)c1Cc1ccc(-c2cc(CCC)ccc2S(=O)(=O)NC(=O)OCC)cc1F. The van der Waals surface area contributed by atoms with Gasteiger partial charge in [-0.2, -0.15) is 10.4 Å². The number of nitrogens with zero attached hydrogens (tertiary/aromatic N) is 3. The highest BCUT2D eigenvalue weighted by molar-refractivity contribution is 7.90. The molecule has 252 valence electrons. The van der Waals surface area contributed by atoms with Gasteiger partial charge in [0.2, 0.25) is 5.91 Å². The molecule has 0 aliphatic heterocycles. The molecule has 0 radical (unpaired) electrons. The topological polar surface area (TPSA) is 143 Å². The Hall–Kier alpha value is -4.73. The van der Waals surface area contributed by atoms with Crippen molar-refractivity contribution in [1.82, 2.24) is 14.5 Å². The number of sulfonamides is 1. The van der Waals surface area contributed by atoms with Gasteiger partial charge in [0.05, 0.1) is 27.9 Å². The lowest BCUT2D eigenvalue weighted by Gasteiger charge is -2.14. The molecule has 10 nitrogen and oxygen atoms in total. The number of aromatic nitrogens is 2. The maximum atomic E-state index is 16.0. The van der Waals surface area contributed by atoms with Gasteiger partial charge in [-0.3, -0.25) is 4.79 Å². The van der Waals surface area contributed by atoms with Crippen LogP contribution in [0.4, 0.5) is 14.9 Å². The largest absolute Gasteiger partial charge is 0.449 e. The Balaban J connectivity index is 1.79. The number of anilines is 1. The van der Waals surface area contributed by atoms with Gasteiger partial charge in [-0.05, 0) is 79.3 Å². The summed E-state index contributed by atoms with van der Waals surface area (Å²) in [5.74, 6) is -0.886. The molecular weight excluding hydrogens is 657 g/mol. The number of amides is 2. The third-order valence-electron chi connectivity index (χ3n) is 7.53. The lowest BCUT2D eigenvalue weighted by Crippen LogP contribution is -2.31. The number of ether oxygens (including phenoxy) is 1. The van der Waals surface area contributed by atoms with E-state index in [-0.39, 0.29) is 40.7 Å². The van der Waals surface area contributed by atoms with E-state index in [1.165, 1.54) is 23.7 Å². The average Bonchev–Trinajstić information content (AvgIpc) is 3.38. The van der Waals surface area contributed by atoms with Gasteiger partial charge >= 0.3 is 6.09 Å². The van der Waals surface area contributed by atoms with Crippen LogP contribution in [0.2, 0.25) is 5.02 Å². The Bertz CT molecular complexity index is 1990. The summed E-state index contributed by atoms with van der Waals surface area (Å²) in [5, 5.41) is 18.0. The summed E-state index contributed by atoms with van der Waals surface area (Å²) in [6.45, 7) is 6.94. The zero-order chi connectivity index (χ0) is 35.0. The van der Waals surface area contributed by atoms with Crippen LogP contribution >= 0.6 is 11.6 Å².